The predicted octanol–water partition coefficient (Wildman–Crippen LogP) is 3.07. The van der Waals surface area contributed by atoms with Gasteiger partial charge in [-0.15, -0.1) is 0 Å². The SMILES string of the molecule is O=C(O)c1cc(-c2ccc(N3CCOCC3)cc2)nn1-c1ccccc1. The first kappa shape index (κ1) is 16.4. The highest BCUT2D eigenvalue weighted by molar-refractivity contribution is 5.88. The number of aromatic nitrogens is 2. The fourth-order valence-corrected chi connectivity index (χ4v) is 3.11. The summed E-state index contributed by atoms with van der Waals surface area (Å²) < 4.78 is 6.85. The lowest BCUT2D eigenvalue weighted by atomic mass is 10.1. The molecule has 1 aliphatic rings. The fraction of sp³-hybridized carbons (Fsp3) is 0.200. The number of hydrogen-bond donors (Lipinski definition) is 1. The Balaban J connectivity index is 1.66. The van der Waals surface area contributed by atoms with E-state index in [1.807, 2.05) is 54.6 Å². The number of ether oxygens (including phenoxy) is 1. The van der Waals surface area contributed by atoms with Crippen molar-refractivity contribution in [3.63, 3.8) is 0 Å². The van der Waals surface area contributed by atoms with Crippen molar-refractivity contribution in [2.75, 3.05) is 31.2 Å². The number of morpholine rings is 1. The quantitative estimate of drug-likeness (QED) is 0.784. The Hall–Kier alpha value is -3.12. The molecule has 0 bridgehead atoms. The molecule has 0 atom stereocenters. The second-order valence-electron chi connectivity index (χ2n) is 6.11. The van der Waals surface area contributed by atoms with Crippen LogP contribution in [-0.4, -0.2) is 47.2 Å². The second-order valence-corrected chi connectivity index (χ2v) is 6.11. The highest BCUT2D eigenvalue weighted by Crippen LogP contribution is 2.25. The van der Waals surface area contributed by atoms with Crippen LogP contribution in [0.3, 0.4) is 0 Å². The van der Waals surface area contributed by atoms with E-state index in [-0.39, 0.29) is 5.69 Å². The largest absolute Gasteiger partial charge is 0.477 e. The number of carbonyl (C=O) groups is 1. The van der Waals surface area contributed by atoms with Gasteiger partial charge in [-0.25, -0.2) is 9.48 Å². The molecule has 0 saturated carbocycles. The second kappa shape index (κ2) is 7.01. The van der Waals surface area contributed by atoms with Crippen LogP contribution in [0.1, 0.15) is 10.5 Å². The van der Waals surface area contributed by atoms with E-state index in [9.17, 15) is 9.90 Å². The Kier molecular flexibility index (Phi) is 4.41. The van der Waals surface area contributed by atoms with Crippen LogP contribution in [-0.2, 0) is 4.74 Å². The van der Waals surface area contributed by atoms with Crippen LogP contribution in [0.4, 0.5) is 5.69 Å². The van der Waals surface area contributed by atoms with Gasteiger partial charge >= 0.3 is 5.97 Å². The first-order valence-corrected chi connectivity index (χ1v) is 8.54. The maximum absolute atomic E-state index is 11.6. The van der Waals surface area contributed by atoms with Gasteiger partial charge in [-0.2, -0.15) is 5.10 Å². The van der Waals surface area contributed by atoms with Gasteiger partial charge in [-0.1, -0.05) is 30.3 Å². The lowest BCUT2D eigenvalue weighted by Crippen LogP contribution is -2.36. The molecule has 6 nitrogen and oxygen atoms in total. The van der Waals surface area contributed by atoms with Crippen LogP contribution >= 0.6 is 0 Å². The first-order valence-electron chi connectivity index (χ1n) is 8.54. The smallest absolute Gasteiger partial charge is 0.354 e. The van der Waals surface area contributed by atoms with Crippen LogP contribution in [0.15, 0.2) is 60.7 Å². The van der Waals surface area contributed by atoms with Crippen molar-refractivity contribution >= 4 is 11.7 Å². The normalized spacial score (nSPS) is 14.4. The number of para-hydroxylation sites is 1. The molecule has 1 saturated heterocycles. The third-order valence-corrected chi connectivity index (χ3v) is 4.47. The van der Waals surface area contributed by atoms with Crippen molar-refractivity contribution in [1.29, 1.82) is 0 Å². The summed E-state index contributed by atoms with van der Waals surface area (Å²) >= 11 is 0. The van der Waals surface area contributed by atoms with Crippen LogP contribution in [0, 0.1) is 0 Å². The third-order valence-electron chi connectivity index (χ3n) is 4.47. The number of nitrogens with zero attached hydrogens (tertiary/aromatic N) is 3. The molecule has 2 heterocycles. The summed E-state index contributed by atoms with van der Waals surface area (Å²) in [6, 6.07) is 18.9. The lowest BCUT2D eigenvalue weighted by Gasteiger charge is -2.28. The zero-order valence-electron chi connectivity index (χ0n) is 14.2. The molecule has 0 spiro atoms. The van der Waals surface area contributed by atoms with E-state index < -0.39 is 5.97 Å². The molecule has 0 amide bonds. The van der Waals surface area contributed by atoms with Crippen molar-refractivity contribution in [1.82, 2.24) is 9.78 Å². The zero-order chi connectivity index (χ0) is 17.9. The number of benzene rings is 2. The molecule has 0 radical (unpaired) electrons. The molecule has 2 aromatic carbocycles. The lowest BCUT2D eigenvalue weighted by molar-refractivity contribution is 0.0687. The molecule has 26 heavy (non-hydrogen) atoms. The van der Waals surface area contributed by atoms with E-state index >= 15 is 0 Å². The Bertz CT molecular complexity index is 898. The zero-order valence-corrected chi connectivity index (χ0v) is 14.2. The summed E-state index contributed by atoms with van der Waals surface area (Å²) in [5.74, 6) is -1.00. The number of hydrogen-bond acceptors (Lipinski definition) is 4. The molecular weight excluding hydrogens is 330 g/mol. The van der Waals surface area contributed by atoms with Gasteiger partial charge in [-0.3, -0.25) is 0 Å². The monoisotopic (exact) mass is 349 g/mol. The minimum absolute atomic E-state index is 0.142. The Morgan fingerprint density at radius 2 is 1.65 bits per heavy atom. The Morgan fingerprint density at radius 1 is 0.962 bits per heavy atom. The van der Waals surface area contributed by atoms with Crippen LogP contribution in [0.25, 0.3) is 16.9 Å². The van der Waals surface area contributed by atoms with Crippen molar-refractivity contribution in [2.45, 2.75) is 0 Å². The van der Waals surface area contributed by atoms with Gasteiger partial charge in [0.15, 0.2) is 5.69 Å². The number of anilines is 1. The molecule has 0 unspecified atom stereocenters. The fourth-order valence-electron chi connectivity index (χ4n) is 3.11. The van der Waals surface area contributed by atoms with E-state index in [0.29, 0.717) is 5.69 Å². The van der Waals surface area contributed by atoms with Crippen LogP contribution in [0.2, 0.25) is 0 Å². The minimum Gasteiger partial charge on any atom is -0.477 e. The van der Waals surface area contributed by atoms with Gasteiger partial charge in [0.2, 0.25) is 0 Å². The summed E-state index contributed by atoms with van der Waals surface area (Å²) in [4.78, 5) is 13.9. The third kappa shape index (κ3) is 3.19. The Morgan fingerprint density at radius 3 is 2.31 bits per heavy atom. The van der Waals surface area contributed by atoms with Crippen LogP contribution < -0.4 is 4.90 Å². The molecular formula is C20H19N3O3. The molecule has 3 aromatic rings. The predicted molar refractivity (Wildman–Crippen MR) is 99.0 cm³/mol. The van der Waals surface area contributed by atoms with Gasteiger partial charge in [-0.05, 0) is 30.3 Å². The van der Waals surface area contributed by atoms with E-state index in [2.05, 4.69) is 10.00 Å². The number of aromatic carboxylic acids is 1. The van der Waals surface area contributed by atoms with E-state index in [1.54, 1.807) is 6.07 Å². The van der Waals surface area contributed by atoms with Gasteiger partial charge < -0.3 is 14.7 Å². The molecule has 6 heteroatoms. The maximum Gasteiger partial charge on any atom is 0.354 e. The number of carboxylic acid groups (broad SMARTS) is 1. The average molecular weight is 349 g/mol. The maximum atomic E-state index is 11.6. The molecule has 132 valence electrons. The average Bonchev–Trinajstić information content (AvgIpc) is 3.15. The van der Waals surface area contributed by atoms with Gasteiger partial charge in [0.1, 0.15) is 0 Å². The molecule has 1 aromatic heterocycles. The number of carboxylic acids is 1. The Labute approximate surface area is 151 Å². The van der Waals surface area contributed by atoms with E-state index in [4.69, 9.17) is 4.74 Å². The van der Waals surface area contributed by atoms with Gasteiger partial charge in [0, 0.05) is 24.3 Å². The summed E-state index contributed by atoms with van der Waals surface area (Å²) in [6.07, 6.45) is 0. The molecule has 1 N–H and O–H groups in total. The summed E-state index contributed by atoms with van der Waals surface area (Å²) in [6.45, 7) is 3.24. The first-order chi connectivity index (χ1) is 12.7. The molecule has 4 rings (SSSR count). The van der Waals surface area contributed by atoms with Crippen molar-refractivity contribution < 1.29 is 14.6 Å². The minimum atomic E-state index is -1.00. The summed E-state index contributed by atoms with van der Waals surface area (Å²) in [5, 5.41) is 14.0. The van der Waals surface area contributed by atoms with Gasteiger partial charge in [0.05, 0.1) is 24.6 Å². The topological polar surface area (TPSA) is 67.6 Å². The molecule has 1 fully saturated rings. The highest BCUT2D eigenvalue weighted by Gasteiger charge is 2.17. The van der Waals surface area contributed by atoms with Gasteiger partial charge in [0.25, 0.3) is 0 Å². The van der Waals surface area contributed by atoms with Crippen LogP contribution in [0.5, 0.6) is 0 Å². The standard InChI is InChI=1S/C20H19N3O3/c24-20(25)19-14-18(21-23(19)17-4-2-1-3-5-17)15-6-8-16(9-7-15)22-10-12-26-13-11-22/h1-9,14H,10-13H2,(H,24,25). The summed E-state index contributed by atoms with van der Waals surface area (Å²) in [7, 11) is 0. The molecule has 0 aliphatic carbocycles. The molecule has 1 aliphatic heterocycles. The van der Waals surface area contributed by atoms with Crippen molar-refractivity contribution in [3.05, 3.63) is 66.4 Å². The van der Waals surface area contributed by atoms with Crippen molar-refractivity contribution in [2.24, 2.45) is 0 Å². The highest BCUT2D eigenvalue weighted by atomic mass is 16.5. The number of rotatable bonds is 4. The van der Waals surface area contributed by atoms with Crippen molar-refractivity contribution in [3.8, 4) is 16.9 Å². The van der Waals surface area contributed by atoms with E-state index in [0.717, 1.165) is 43.2 Å². The summed E-state index contributed by atoms with van der Waals surface area (Å²) in [5.41, 5.74) is 3.53. The van der Waals surface area contributed by atoms with E-state index in [1.165, 1.54) is 4.68 Å².